The van der Waals surface area contributed by atoms with Gasteiger partial charge < -0.3 is 5.32 Å². The average Bonchev–Trinajstić information content (AvgIpc) is 3.19. The second kappa shape index (κ2) is 7.25. The Balaban J connectivity index is 1.76. The first-order valence-electron chi connectivity index (χ1n) is 8.93. The van der Waals surface area contributed by atoms with Crippen molar-refractivity contribution in [1.29, 1.82) is 0 Å². The van der Waals surface area contributed by atoms with E-state index in [1.165, 1.54) is 6.07 Å². The van der Waals surface area contributed by atoms with E-state index in [9.17, 15) is 19.1 Å². The molecule has 1 aliphatic rings. The second-order valence-corrected chi connectivity index (χ2v) is 8.37. The number of hydrogen-bond acceptors (Lipinski definition) is 5. The van der Waals surface area contributed by atoms with Crippen molar-refractivity contribution in [2.75, 3.05) is 5.32 Å². The molecule has 9 heteroatoms. The number of para-hydroxylation sites is 1. The molecule has 1 atom stereocenters. The van der Waals surface area contributed by atoms with Crippen LogP contribution in [-0.2, 0) is 22.3 Å². The van der Waals surface area contributed by atoms with Gasteiger partial charge in [0.2, 0.25) is 0 Å². The zero-order chi connectivity index (χ0) is 20.7. The van der Waals surface area contributed by atoms with Crippen molar-refractivity contribution in [3.05, 3.63) is 80.5 Å². The van der Waals surface area contributed by atoms with Crippen molar-refractivity contribution in [3.8, 4) is 5.69 Å². The van der Waals surface area contributed by atoms with Crippen molar-refractivity contribution >= 4 is 28.2 Å². The Morgan fingerprint density at radius 1 is 1.17 bits per heavy atom. The number of benzene rings is 2. The summed E-state index contributed by atoms with van der Waals surface area (Å²) in [4.78, 5) is 23.6. The van der Waals surface area contributed by atoms with Gasteiger partial charge >= 0.3 is 0 Å². The van der Waals surface area contributed by atoms with Gasteiger partial charge in [-0.2, -0.15) is 5.10 Å². The summed E-state index contributed by atoms with van der Waals surface area (Å²) in [5.74, 6) is 0.620. The molecule has 0 unspecified atom stereocenters. The molecule has 1 aromatic heterocycles. The Morgan fingerprint density at radius 3 is 2.66 bits per heavy atom. The predicted molar refractivity (Wildman–Crippen MR) is 110 cm³/mol. The Labute approximate surface area is 169 Å². The highest BCUT2D eigenvalue weighted by Crippen LogP contribution is 2.32. The number of fused-ring (bicyclic) bond motifs is 1. The highest BCUT2D eigenvalue weighted by molar-refractivity contribution is 7.83. The van der Waals surface area contributed by atoms with Crippen LogP contribution in [0.5, 0.6) is 0 Å². The lowest BCUT2D eigenvalue weighted by atomic mass is 10.1. The zero-order valence-corrected chi connectivity index (χ0v) is 16.7. The Hall–Kier alpha value is -3.33. The van der Waals surface area contributed by atoms with Crippen molar-refractivity contribution in [3.63, 3.8) is 0 Å². The second-order valence-electron chi connectivity index (χ2n) is 6.91. The number of nitro benzene ring substituents is 1. The molecule has 3 aromatic rings. The number of nitro groups is 1. The number of aryl methyl sites for hydroxylation is 2. The van der Waals surface area contributed by atoms with Gasteiger partial charge in [-0.05, 0) is 31.5 Å². The van der Waals surface area contributed by atoms with Crippen LogP contribution in [0.25, 0.3) is 5.69 Å². The molecule has 0 spiro atoms. The summed E-state index contributed by atoms with van der Waals surface area (Å²) in [6.07, 6.45) is 0. The molecule has 0 bridgehead atoms. The molecule has 0 aliphatic carbocycles. The van der Waals surface area contributed by atoms with Crippen molar-refractivity contribution < 1.29 is 13.9 Å². The van der Waals surface area contributed by atoms with Crippen LogP contribution < -0.4 is 5.32 Å². The van der Waals surface area contributed by atoms with E-state index >= 15 is 0 Å². The molecule has 1 amide bonds. The molecular formula is C20H18N4O4S. The Morgan fingerprint density at radius 2 is 1.93 bits per heavy atom. The summed E-state index contributed by atoms with van der Waals surface area (Å²) in [7, 11) is -1.06. The summed E-state index contributed by atoms with van der Waals surface area (Å²) in [5, 5.41) is 18.6. The Bertz CT molecular complexity index is 1190. The van der Waals surface area contributed by atoms with Crippen molar-refractivity contribution in [2.24, 2.45) is 0 Å². The van der Waals surface area contributed by atoms with Gasteiger partial charge in [0, 0.05) is 33.6 Å². The minimum absolute atomic E-state index is 0.114. The molecule has 2 heterocycles. The quantitative estimate of drug-likeness (QED) is 0.524. The topological polar surface area (TPSA) is 107 Å². The molecule has 0 radical (unpaired) electrons. The van der Waals surface area contributed by atoms with E-state index in [1.54, 1.807) is 23.7 Å². The summed E-state index contributed by atoms with van der Waals surface area (Å²) < 4.78 is 13.7. The fraction of sp³-hybridized carbons (Fsp3) is 0.200. The molecule has 148 valence electrons. The molecule has 0 fully saturated rings. The highest BCUT2D eigenvalue weighted by Gasteiger charge is 2.29. The number of aromatic nitrogens is 2. The summed E-state index contributed by atoms with van der Waals surface area (Å²) in [6, 6.07) is 12.0. The van der Waals surface area contributed by atoms with Crippen LogP contribution in [0.15, 0.2) is 42.5 Å². The number of hydrogen-bond donors (Lipinski definition) is 1. The molecule has 1 aliphatic heterocycles. The van der Waals surface area contributed by atoms with E-state index in [1.807, 2.05) is 31.2 Å². The summed E-state index contributed by atoms with van der Waals surface area (Å²) in [5.41, 5.74) is 3.74. The van der Waals surface area contributed by atoms with Crippen LogP contribution in [0.4, 0.5) is 11.5 Å². The van der Waals surface area contributed by atoms with Crippen LogP contribution in [0, 0.1) is 24.0 Å². The lowest BCUT2D eigenvalue weighted by Gasteiger charge is -2.13. The van der Waals surface area contributed by atoms with Crippen molar-refractivity contribution in [1.82, 2.24) is 9.78 Å². The highest BCUT2D eigenvalue weighted by atomic mass is 32.2. The third-order valence-electron chi connectivity index (χ3n) is 4.91. The predicted octanol–water partition coefficient (Wildman–Crippen LogP) is 3.41. The maximum Gasteiger partial charge on any atom is 0.273 e. The maximum atomic E-state index is 12.9. The van der Waals surface area contributed by atoms with Crippen LogP contribution >= 0.6 is 0 Å². The largest absolute Gasteiger partial charge is 0.306 e. The van der Waals surface area contributed by atoms with Gasteiger partial charge in [-0.1, -0.05) is 24.3 Å². The zero-order valence-electron chi connectivity index (χ0n) is 15.8. The third kappa shape index (κ3) is 3.44. The first kappa shape index (κ1) is 19.0. The molecule has 2 aromatic carbocycles. The van der Waals surface area contributed by atoms with Crippen LogP contribution in [0.1, 0.15) is 32.7 Å². The Kier molecular flexibility index (Phi) is 4.75. The lowest BCUT2D eigenvalue weighted by Crippen LogP contribution is -2.17. The SMILES string of the molecule is Cc1ccccc1-n1nc2c(c1NC(=O)c1ccc(C)c([N+](=O)[O-])c1)C[S@](=O)C2. The van der Waals surface area contributed by atoms with Gasteiger partial charge in [0.05, 0.1) is 27.8 Å². The summed E-state index contributed by atoms with van der Waals surface area (Å²) in [6.45, 7) is 3.56. The van der Waals surface area contributed by atoms with Crippen molar-refractivity contribution in [2.45, 2.75) is 25.4 Å². The van der Waals surface area contributed by atoms with Gasteiger partial charge in [-0.25, -0.2) is 4.68 Å². The van der Waals surface area contributed by atoms with E-state index in [4.69, 9.17) is 0 Å². The van der Waals surface area contributed by atoms with Gasteiger partial charge in [0.25, 0.3) is 11.6 Å². The molecule has 8 nitrogen and oxygen atoms in total. The molecule has 4 rings (SSSR count). The standard InChI is InChI=1S/C20H18N4O4S/c1-12-5-3-4-6-17(12)23-19(15-10-29(28)11-16(15)22-23)21-20(25)14-8-7-13(2)18(9-14)24(26)27/h3-9H,10-11H2,1-2H3,(H,21,25)/t29-/m0/s1. The molecule has 0 saturated heterocycles. The van der Waals surface area contributed by atoms with Crippen LogP contribution in [0.2, 0.25) is 0 Å². The number of nitrogens with one attached hydrogen (secondary N) is 1. The van der Waals surface area contributed by atoms with E-state index in [2.05, 4.69) is 10.4 Å². The monoisotopic (exact) mass is 410 g/mol. The number of nitrogens with zero attached hydrogens (tertiary/aromatic N) is 3. The molecule has 0 saturated carbocycles. The number of rotatable bonds is 4. The van der Waals surface area contributed by atoms with Gasteiger partial charge in [-0.15, -0.1) is 0 Å². The van der Waals surface area contributed by atoms with E-state index < -0.39 is 21.6 Å². The minimum atomic E-state index is -1.06. The fourth-order valence-corrected chi connectivity index (χ4v) is 4.62. The molecule has 1 N–H and O–H groups in total. The maximum absolute atomic E-state index is 12.9. The molecular weight excluding hydrogens is 392 g/mol. The number of anilines is 1. The number of carbonyl (C=O) groups is 1. The number of amides is 1. The van der Waals surface area contributed by atoms with Gasteiger partial charge in [-0.3, -0.25) is 19.1 Å². The molecule has 29 heavy (non-hydrogen) atoms. The first-order valence-corrected chi connectivity index (χ1v) is 10.4. The van der Waals surface area contributed by atoms with Gasteiger partial charge in [0.1, 0.15) is 5.82 Å². The smallest absolute Gasteiger partial charge is 0.273 e. The average molecular weight is 410 g/mol. The number of carbonyl (C=O) groups excluding carboxylic acids is 1. The minimum Gasteiger partial charge on any atom is -0.306 e. The normalized spacial score (nSPS) is 15.2. The van der Waals surface area contributed by atoms with Gasteiger partial charge in [0.15, 0.2) is 0 Å². The van der Waals surface area contributed by atoms with E-state index in [0.717, 1.165) is 16.8 Å². The van der Waals surface area contributed by atoms with Crippen LogP contribution in [-0.4, -0.2) is 24.8 Å². The van der Waals surface area contributed by atoms with E-state index in [-0.39, 0.29) is 11.3 Å². The fourth-order valence-electron chi connectivity index (χ4n) is 3.36. The van der Waals surface area contributed by atoms with Crippen LogP contribution in [0.3, 0.4) is 0 Å². The van der Waals surface area contributed by atoms with E-state index in [0.29, 0.717) is 28.6 Å². The lowest BCUT2D eigenvalue weighted by molar-refractivity contribution is -0.385. The third-order valence-corrected chi connectivity index (χ3v) is 6.12. The summed E-state index contributed by atoms with van der Waals surface area (Å²) >= 11 is 0. The first-order chi connectivity index (χ1) is 13.8.